The lowest BCUT2D eigenvalue weighted by molar-refractivity contribution is -0.192. The molecule has 174 valence electrons. The zero-order valence-corrected chi connectivity index (χ0v) is 17.7. The molecule has 1 aliphatic heterocycles. The van der Waals surface area contributed by atoms with Crippen molar-refractivity contribution in [1.82, 2.24) is 19.9 Å². The van der Waals surface area contributed by atoms with Gasteiger partial charge in [-0.25, -0.2) is 9.48 Å². The molecule has 2 heterocycles. The highest BCUT2D eigenvalue weighted by Crippen LogP contribution is 2.36. The van der Waals surface area contributed by atoms with Crippen molar-refractivity contribution in [2.45, 2.75) is 70.1 Å². The standard InChI is InChI=1S/C19H30N4O.C2HF3O2/c1-2-14(3-1)10-22-9-8-17-19(18(22)13-24-12-16-6-7-16)20-21-23(17)11-15-4-5-15;3-2(4,5)1(6)7/h14-16,18H,1-13H2;(H,6,7). The molecule has 1 atom stereocenters. The number of hydrogen-bond donors (Lipinski definition) is 1. The topological polar surface area (TPSA) is 80.5 Å². The van der Waals surface area contributed by atoms with Crippen LogP contribution in [0.2, 0.25) is 0 Å². The Morgan fingerprint density at radius 2 is 1.68 bits per heavy atom. The first-order valence-electron chi connectivity index (χ1n) is 11.4. The summed E-state index contributed by atoms with van der Waals surface area (Å²) in [6.07, 6.45) is 5.73. The molecule has 0 spiro atoms. The molecule has 10 heteroatoms. The Morgan fingerprint density at radius 1 is 1.03 bits per heavy atom. The minimum Gasteiger partial charge on any atom is -0.475 e. The van der Waals surface area contributed by atoms with Gasteiger partial charge in [0.25, 0.3) is 0 Å². The lowest BCUT2D eigenvalue weighted by Gasteiger charge is -2.39. The lowest BCUT2D eigenvalue weighted by Crippen LogP contribution is -2.42. The zero-order chi connectivity index (χ0) is 22.0. The van der Waals surface area contributed by atoms with Crippen LogP contribution in [0.15, 0.2) is 0 Å². The number of hydrogen-bond acceptors (Lipinski definition) is 5. The van der Waals surface area contributed by atoms with Crippen LogP contribution in [0.5, 0.6) is 0 Å². The van der Waals surface area contributed by atoms with Gasteiger partial charge < -0.3 is 9.84 Å². The maximum atomic E-state index is 10.6. The maximum Gasteiger partial charge on any atom is 0.490 e. The highest BCUT2D eigenvalue weighted by molar-refractivity contribution is 5.73. The molecule has 1 N–H and O–H groups in total. The Bertz CT molecular complexity index is 758. The Hall–Kier alpha value is -1.68. The number of aliphatic carboxylic acids is 1. The number of rotatable bonds is 8. The number of ether oxygens (including phenoxy) is 1. The van der Waals surface area contributed by atoms with E-state index in [4.69, 9.17) is 14.6 Å². The number of carboxylic acids is 1. The number of fused-ring (bicyclic) bond motifs is 1. The molecule has 3 aliphatic carbocycles. The van der Waals surface area contributed by atoms with Crippen LogP contribution < -0.4 is 0 Å². The Labute approximate surface area is 179 Å². The third-order valence-corrected chi connectivity index (χ3v) is 6.67. The second-order valence-electron chi connectivity index (χ2n) is 9.39. The van der Waals surface area contributed by atoms with Gasteiger partial charge in [-0.15, -0.1) is 5.10 Å². The molecule has 4 aliphatic rings. The molecule has 31 heavy (non-hydrogen) atoms. The summed E-state index contributed by atoms with van der Waals surface area (Å²) < 4.78 is 40.0. The molecule has 0 aromatic carbocycles. The van der Waals surface area contributed by atoms with Crippen molar-refractivity contribution in [1.29, 1.82) is 0 Å². The van der Waals surface area contributed by atoms with Crippen molar-refractivity contribution in [3.63, 3.8) is 0 Å². The summed E-state index contributed by atoms with van der Waals surface area (Å²) in [7, 11) is 0. The number of aromatic nitrogens is 3. The van der Waals surface area contributed by atoms with Crippen molar-refractivity contribution >= 4 is 5.97 Å². The third kappa shape index (κ3) is 6.19. The van der Waals surface area contributed by atoms with Gasteiger partial charge in [0.1, 0.15) is 5.69 Å². The van der Waals surface area contributed by atoms with Crippen LogP contribution in [0.25, 0.3) is 0 Å². The van der Waals surface area contributed by atoms with Crippen LogP contribution in [0.4, 0.5) is 13.2 Å². The third-order valence-electron chi connectivity index (χ3n) is 6.67. The van der Waals surface area contributed by atoms with Crippen molar-refractivity contribution in [2.75, 3.05) is 26.3 Å². The number of carbonyl (C=O) groups is 1. The highest BCUT2D eigenvalue weighted by Gasteiger charge is 2.38. The minimum absolute atomic E-state index is 0.334. The van der Waals surface area contributed by atoms with Crippen molar-refractivity contribution in [3.8, 4) is 0 Å². The molecule has 7 nitrogen and oxygen atoms in total. The first kappa shape index (κ1) is 22.5. The summed E-state index contributed by atoms with van der Waals surface area (Å²) in [6.45, 7) is 5.21. The average molecular weight is 444 g/mol. The van der Waals surface area contributed by atoms with Crippen molar-refractivity contribution in [3.05, 3.63) is 11.4 Å². The molecule has 0 saturated heterocycles. The van der Waals surface area contributed by atoms with E-state index in [1.54, 1.807) is 0 Å². The highest BCUT2D eigenvalue weighted by atomic mass is 19.4. The van der Waals surface area contributed by atoms with Crippen LogP contribution >= 0.6 is 0 Å². The summed E-state index contributed by atoms with van der Waals surface area (Å²) in [5, 5.41) is 16.3. The van der Waals surface area contributed by atoms with Gasteiger partial charge in [-0.05, 0) is 56.3 Å². The molecule has 3 saturated carbocycles. The zero-order valence-electron chi connectivity index (χ0n) is 17.7. The van der Waals surface area contributed by atoms with Crippen LogP contribution in [-0.2, 0) is 22.5 Å². The van der Waals surface area contributed by atoms with Gasteiger partial charge in [0.2, 0.25) is 0 Å². The fourth-order valence-electron chi connectivity index (χ4n) is 4.17. The quantitative estimate of drug-likeness (QED) is 0.662. The molecular weight excluding hydrogens is 413 g/mol. The summed E-state index contributed by atoms with van der Waals surface area (Å²) in [5.74, 6) is -0.168. The molecule has 0 radical (unpaired) electrons. The van der Waals surface area contributed by atoms with Gasteiger partial charge in [0, 0.05) is 32.7 Å². The Kier molecular flexibility index (Phi) is 6.86. The van der Waals surface area contributed by atoms with E-state index < -0.39 is 12.1 Å². The van der Waals surface area contributed by atoms with Gasteiger partial charge in [-0.3, -0.25) is 4.90 Å². The second-order valence-corrected chi connectivity index (χ2v) is 9.39. The van der Waals surface area contributed by atoms with E-state index in [-0.39, 0.29) is 0 Å². The fraction of sp³-hybridized carbons (Fsp3) is 0.857. The smallest absolute Gasteiger partial charge is 0.475 e. The first-order valence-corrected chi connectivity index (χ1v) is 11.4. The minimum atomic E-state index is -5.08. The normalized spacial score (nSPS) is 24.2. The van der Waals surface area contributed by atoms with Gasteiger partial charge in [0.15, 0.2) is 0 Å². The van der Waals surface area contributed by atoms with Crippen LogP contribution in [0.1, 0.15) is 62.4 Å². The first-order chi connectivity index (χ1) is 14.8. The van der Waals surface area contributed by atoms with Crippen molar-refractivity contribution in [2.24, 2.45) is 17.8 Å². The summed E-state index contributed by atoms with van der Waals surface area (Å²) in [6, 6.07) is 0.334. The maximum absolute atomic E-state index is 10.6. The van der Waals surface area contributed by atoms with Gasteiger partial charge in [-0.2, -0.15) is 13.2 Å². The average Bonchev–Trinajstić information content (AvgIpc) is 3.59. The van der Waals surface area contributed by atoms with Crippen molar-refractivity contribution < 1.29 is 27.8 Å². The number of nitrogens with zero attached hydrogens (tertiary/aromatic N) is 4. The largest absolute Gasteiger partial charge is 0.490 e. The van der Waals surface area contributed by atoms with Gasteiger partial charge >= 0.3 is 12.1 Å². The number of alkyl halides is 3. The number of halogens is 3. The molecule has 5 rings (SSSR count). The van der Waals surface area contributed by atoms with Crippen LogP contribution in [-0.4, -0.2) is 63.4 Å². The predicted molar refractivity (Wildman–Crippen MR) is 105 cm³/mol. The van der Waals surface area contributed by atoms with E-state index in [0.717, 1.165) is 50.5 Å². The van der Waals surface area contributed by atoms with Gasteiger partial charge in [-0.1, -0.05) is 11.6 Å². The van der Waals surface area contributed by atoms with Gasteiger partial charge in [0.05, 0.1) is 18.3 Å². The Morgan fingerprint density at radius 3 is 2.23 bits per heavy atom. The molecule has 1 aromatic heterocycles. The monoisotopic (exact) mass is 444 g/mol. The van der Waals surface area contributed by atoms with Crippen LogP contribution in [0.3, 0.4) is 0 Å². The van der Waals surface area contributed by atoms with E-state index in [1.165, 1.54) is 62.9 Å². The van der Waals surface area contributed by atoms with E-state index in [0.29, 0.717) is 6.04 Å². The molecule has 0 amide bonds. The summed E-state index contributed by atoms with van der Waals surface area (Å²) in [5.41, 5.74) is 2.61. The SMILES string of the molecule is C1CC(CN2CCc3c(nnn3CC3CC3)C2COCC2CC2)C1.O=C(O)C(F)(F)F. The second kappa shape index (κ2) is 9.44. The predicted octanol–water partition coefficient (Wildman–Crippen LogP) is 3.45. The summed E-state index contributed by atoms with van der Waals surface area (Å²) in [4.78, 5) is 11.5. The Balaban J connectivity index is 0.000000289. The molecule has 1 unspecified atom stereocenters. The molecule has 1 aromatic rings. The summed E-state index contributed by atoms with van der Waals surface area (Å²) >= 11 is 0. The van der Waals surface area contributed by atoms with E-state index in [9.17, 15) is 13.2 Å². The van der Waals surface area contributed by atoms with E-state index in [1.807, 2.05) is 0 Å². The molecular formula is C21H31F3N4O3. The lowest BCUT2D eigenvalue weighted by atomic mass is 9.84. The fourth-order valence-corrected chi connectivity index (χ4v) is 4.17. The number of carboxylic acid groups (broad SMARTS) is 1. The van der Waals surface area contributed by atoms with Crippen LogP contribution in [0, 0.1) is 17.8 Å². The van der Waals surface area contributed by atoms with E-state index in [2.05, 4.69) is 19.9 Å². The molecule has 0 bridgehead atoms. The molecule has 3 fully saturated rings. The van der Waals surface area contributed by atoms with E-state index >= 15 is 0 Å².